The highest BCUT2D eigenvalue weighted by molar-refractivity contribution is 4.85. The van der Waals surface area contributed by atoms with E-state index in [2.05, 4.69) is 19.2 Å². The van der Waals surface area contributed by atoms with Gasteiger partial charge >= 0.3 is 0 Å². The highest BCUT2D eigenvalue weighted by atomic mass is 19.1. The molecule has 1 heterocycles. The summed E-state index contributed by atoms with van der Waals surface area (Å²) in [7, 11) is 0. The van der Waals surface area contributed by atoms with Gasteiger partial charge in [0.15, 0.2) is 0 Å². The van der Waals surface area contributed by atoms with Crippen LogP contribution >= 0.6 is 0 Å². The van der Waals surface area contributed by atoms with Gasteiger partial charge < -0.3 is 5.32 Å². The number of nitrogens with one attached hydrogen (secondary N) is 1. The van der Waals surface area contributed by atoms with Gasteiger partial charge in [0.2, 0.25) is 0 Å². The van der Waals surface area contributed by atoms with Gasteiger partial charge in [0.05, 0.1) is 0 Å². The molecule has 1 N–H and O–H groups in total. The van der Waals surface area contributed by atoms with Gasteiger partial charge in [0, 0.05) is 6.04 Å². The van der Waals surface area contributed by atoms with E-state index in [1.54, 1.807) is 0 Å². The third-order valence-electron chi connectivity index (χ3n) is 1.91. The van der Waals surface area contributed by atoms with E-state index in [1.807, 2.05) is 0 Å². The Morgan fingerprint density at radius 3 is 2.44 bits per heavy atom. The van der Waals surface area contributed by atoms with Gasteiger partial charge in [0.25, 0.3) is 0 Å². The highest BCUT2D eigenvalue weighted by Crippen LogP contribution is 2.17. The summed E-state index contributed by atoms with van der Waals surface area (Å²) >= 11 is 0. The van der Waals surface area contributed by atoms with Gasteiger partial charge in [-0.1, -0.05) is 13.8 Å². The summed E-state index contributed by atoms with van der Waals surface area (Å²) in [4.78, 5) is 0. The molecule has 2 heteroatoms. The molecule has 1 fully saturated rings. The Labute approximate surface area is 55.6 Å². The maximum Gasteiger partial charge on any atom is 0.117 e. The first-order chi connectivity index (χ1) is 4.22. The van der Waals surface area contributed by atoms with E-state index in [0.29, 0.717) is 12.3 Å². The molecule has 0 aromatic carbocycles. The fourth-order valence-corrected chi connectivity index (χ4v) is 1.35. The minimum absolute atomic E-state index is 0.116. The summed E-state index contributed by atoms with van der Waals surface area (Å²) in [5, 5.41) is 3.13. The zero-order valence-electron chi connectivity index (χ0n) is 6.02. The molecular weight excluding hydrogens is 117 g/mol. The number of alkyl halides is 1. The molecule has 0 bridgehead atoms. The SMILES string of the molecule is CC(C)C1NCCC1F. The molecule has 2 unspecified atom stereocenters. The Kier molecular flexibility index (Phi) is 2.06. The second kappa shape index (κ2) is 2.65. The summed E-state index contributed by atoms with van der Waals surface area (Å²) < 4.78 is 12.8. The highest BCUT2D eigenvalue weighted by Gasteiger charge is 2.28. The van der Waals surface area contributed by atoms with Crippen molar-refractivity contribution in [1.82, 2.24) is 5.32 Å². The quantitative estimate of drug-likeness (QED) is 0.566. The minimum atomic E-state index is -0.606. The summed E-state index contributed by atoms with van der Waals surface area (Å²) in [5.74, 6) is 0.433. The molecule has 0 aliphatic carbocycles. The van der Waals surface area contributed by atoms with Gasteiger partial charge in [-0.3, -0.25) is 0 Å². The van der Waals surface area contributed by atoms with Crippen molar-refractivity contribution < 1.29 is 4.39 Å². The summed E-state index contributed by atoms with van der Waals surface area (Å²) in [5.41, 5.74) is 0. The molecule has 1 aliphatic heterocycles. The van der Waals surface area contributed by atoms with Crippen molar-refractivity contribution >= 4 is 0 Å². The molecule has 0 amide bonds. The summed E-state index contributed by atoms with van der Waals surface area (Å²) in [6.07, 6.45) is 0.0908. The second-order valence-electron chi connectivity index (χ2n) is 3.03. The lowest BCUT2D eigenvalue weighted by molar-refractivity contribution is 0.259. The Morgan fingerprint density at radius 1 is 1.56 bits per heavy atom. The van der Waals surface area contributed by atoms with Crippen molar-refractivity contribution in [3.63, 3.8) is 0 Å². The predicted octanol–water partition coefficient (Wildman–Crippen LogP) is 1.34. The van der Waals surface area contributed by atoms with Crippen LogP contribution in [-0.4, -0.2) is 18.8 Å². The Balaban J connectivity index is 2.40. The average Bonchev–Trinajstić information content (AvgIpc) is 2.13. The van der Waals surface area contributed by atoms with Crippen molar-refractivity contribution in [1.29, 1.82) is 0 Å². The average molecular weight is 131 g/mol. The van der Waals surface area contributed by atoms with Crippen molar-refractivity contribution in [3.8, 4) is 0 Å². The fraction of sp³-hybridized carbons (Fsp3) is 1.00. The normalized spacial score (nSPS) is 36.0. The van der Waals surface area contributed by atoms with Gasteiger partial charge in [-0.25, -0.2) is 4.39 Å². The number of rotatable bonds is 1. The molecule has 0 aromatic heterocycles. The predicted molar refractivity (Wildman–Crippen MR) is 36.1 cm³/mol. The Morgan fingerprint density at radius 2 is 2.22 bits per heavy atom. The molecule has 0 aromatic rings. The molecule has 1 nitrogen and oxygen atoms in total. The van der Waals surface area contributed by atoms with E-state index in [1.165, 1.54) is 0 Å². The fourth-order valence-electron chi connectivity index (χ4n) is 1.35. The van der Waals surface area contributed by atoms with E-state index in [4.69, 9.17) is 0 Å². The Hall–Kier alpha value is -0.110. The lowest BCUT2D eigenvalue weighted by atomic mass is 10.0. The van der Waals surface area contributed by atoms with Crippen LogP contribution in [-0.2, 0) is 0 Å². The third-order valence-corrected chi connectivity index (χ3v) is 1.91. The van der Waals surface area contributed by atoms with Crippen LogP contribution in [0.1, 0.15) is 20.3 Å². The molecule has 1 rings (SSSR count). The van der Waals surface area contributed by atoms with Crippen molar-refractivity contribution in [2.24, 2.45) is 5.92 Å². The van der Waals surface area contributed by atoms with Gasteiger partial charge in [-0.2, -0.15) is 0 Å². The molecule has 1 saturated heterocycles. The minimum Gasteiger partial charge on any atom is -0.311 e. The molecular formula is C7H14FN. The van der Waals surface area contributed by atoms with Crippen molar-refractivity contribution in [2.75, 3.05) is 6.54 Å². The summed E-state index contributed by atoms with van der Waals surface area (Å²) in [6, 6.07) is 0.116. The first-order valence-electron chi connectivity index (χ1n) is 3.59. The standard InChI is InChI=1S/C7H14FN/c1-5(2)7-6(8)3-4-9-7/h5-7,9H,3-4H2,1-2H3. The van der Waals surface area contributed by atoms with Crippen LogP contribution in [0.2, 0.25) is 0 Å². The van der Waals surface area contributed by atoms with Gasteiger partial charge in [-0.15, -0.1) is 0 Å². The van der Waals surface area contributed by atoms with Crippen LogP contribution in [0.4, 0.5) is 4.39 Å². The summed E-state index contributed by atoms with van der Waals surface area (Å²) in [6.45, 7) is 4.95. The number of halogens is 1. The van der Waals surface area contributed by atoms with Crippen LogP contribution in [0, 0.1) is 5.92 Å². The van der Waals surface area contributed by atoms with E-state index < -0.39 is 6.17 Å². The maximum atomic E-state index is 12.8. The molecule has 1 aliphatic rings. The molecule has 0 radical (unpaired) electrons. The van der Waals surface area contributed by atoms with Crippen LogP contribution in [0.25, 0.3) is 0 Å². The number of hydrogen-bond acceptors (Lipinski definition) is 1. The zero-order chi connectivity index (χ0) is 6.85. The van der Waals surface area contributed by atoms with Crippen molar-refractivity contribution in [2.45, 2.75) is 32.5 Å². The van der Waals surface area contributed by atoms with Gasteiger partial charge in [-0.05, 0) is 18.9 Å². The largest absolute Gasteiger partial charge is 0.311 e. The molecule has 9 heavy (non-hydrogen) atoms. The molecule has 2 atom stereocenters. The van der Waals surface area contributed by atoms with Crippen LogP contribution in [0.15, 0.2) is 0 Å². The lowest BCUT2D eigenvalue weighted by Gasteiger charge is -2.16. The lowest BCUT2D eigenvalue weighted by Crippen LogP contribution is -2.33. The maximum absolute atomic E-state index is 12.8. The monoisotopic (exact) mass is 131 g/mol. The van der Waals surface area contributed by atoms with Crippen LogP contribution in [0.3, 0.4) is 0 Å². The first kappa shape index (κ1) is 7.00. The molecule has 0 spiro atoms. The van der Waals surface area contributed by atoms with Crippen molar-refractivity contribution in [3.05, 3.63) is 0 Å². The third kappa shape index (κ3) is 1.42. The van der Waals surface area contributed by atoms with E-state index in [0.717, 1.165) is 6.54 Å². The molecule has 54 valence electrons. The van der Waals surface area contributed by atoms with E-state index >= 15 is 0 Å². The number of hydrogen-bond donors (Lipinski definition) is 1. The van der Waals surface area contributed by atoms with Crippen LogP contribution in [0.5, 0.6) is 0 Å². The smallest absolute Gasteiger partial charge is 0.117 e. The van der Waals surface area contributed by atoms with Gasteiger partial charge in [0.1, 0.15) is 6.17 Å². The first-order valence-corrected chi connectivity index (χ1v) is 3.59. The van der Waals surface area contributed by atoms with E-state index in [-0.39, 0.29) is 6.04 Å². The topological polar surface area (TPSA) is 12.0 Å². The Bertz CT molecular complexity index is 92.9. The van der Waals surface area contributed by atoms with E-state index in [9.17, 15) is 4.39 Å². The van der Waals surface area contributed by atoms with Crippen LogP contribution < -0.4 is 5.32 Å². The second-order valence-corrected chi connectivity index (χ2v) is 3.03. The molecule has 0 saturated carbocycles. The zero-order valence-corrected chi connectivity index (χ0v) is 6.02.